The first-order chi connectivity index (χ1) is 9.98. The molecule has 21 heavy (non-hydrogen) atoms. The third-order valence-corrected chi connectivity index (χ3v) is 4.25. The van der Waals surface area contributed by atoms with Crippen molar-refractivity contribution in [1.82, 2.24) is 5.32 Å². The van der Waals surface area contributed by atoms with Gasteiger partial charge >= 0.3 is 0 Å². The minimum atomic E-state index is -3.40. The SMILES string of the molecule is O=C(NCCO)c1ccc(NS(=O)(=O)CCCCCl)cc1. The van der Waals surface area contributed by atoms with Crippen LogP contribution in [0.15, 0.2) is 24.3 Å². The van der Waals surface area contributed by atoms with Crippen LogP contribution in [0.2, 0.25) is 0 Å². The molecule has 0 radical (unpaired) electrons. The van der Waals surface area contributed by atoms with Crippen LogP contribution in [0.5, 0.6) is 0 Å². The number of rotatable bonds is 9. The van der Waals surface area contributed by atoms with E-state index in [-0.39, 0.29) is 24.8 Å². The fraction of sp³-hybridized carbons (Fsp3) is 0.462. The standard InChI is InChI=1S/C13H19ClN2O4S/c14-7-1-2-10-21(19,20)16-12-5-3-11(4-6-12)13(18)15-8-9-17/h3-6,16-17H,1-2,7-10H2,(H,15,18). The molecule has 0 aliphatic rings. The zero-order valence-electron chi connectivity index (χ0n) is 11.5. The number of aliphatic hydroxyl groups excluding tert-OH is 1. The molecule has 0 aromatic heterocycles. The third kappa shape index (κ3) is 6.79. The number of aliphatic hydroxyl groups is 1. The summed E-state index contributed by atoms with van der Waals surface area (Å²) in [5, 5.41) is 11.1. The number of amides is 1. The maximum Gasteiger partial charge on any atom is 0.251 e. The smallest absolute Gasteiger partial charge is 0.251 e. The molecule has 0 aliphatic carbocycles. The van der Waals surface area contributed by atoms with Crippen molar-refractivity contribution in [3.63, 3.8) is 0 Å². The number of hydrogen-bond donors (Lipinski definition) is 3. The number of hydrogen-bond acceptors (Lipinski definition) is 4. The molecule has 0 unspecified atom stereocenters. The van der Waals surface area contributed by atoms with Crippen molar-refractivity contribution in [2.24, 2.45) is 0 Å². The third-order valence-electron chi connectivity index (χ3n) is 2.61. The number of nitrogens with one attached hydrogen (secondary N) is 2. The minimum Gasteiger partial charge on any atom is -0.395 e. The molecular formula is C13H19ClN2O4S. The van der Waals surface area contributed by atoms with Gasteiger partial charge in [0.25, 0.3) is 5.91 Å². The van der Waals surface area contributed by atoms with Gasteiger partial charge in [-0.3, -0.25) is 9.52 Å². The molecule has 6 nitrogen and oxygen atoms in total. The summed E-state index contributed by atoms with van der Waals surface area (Å²) < 4.78 is 26.0. The van der Waals surface area contributed by atoms with E-state index in [1.807, 2.05) is 0 Å². The van der Waals surface area contributed by atoms with Crippen molar-refractivity contribution in [1.29, 1.82) is 0 Å². The van der Waals surface area contributed by atoms with Crippen LogP contribution in [0.3, 0.4) is 0 Å². The highest BCUT2D eigenvalue weighted by molar-refractivity contribution is 7.92. The maximum atomic E-state index is 11.8. The van der Waals surface area contributed by atoms with Gasteiger partial charge in [-0.05, 0) is 37.1 Å². The first-order valence-corrected chi connectivity index (χ1v) is 8.73. The van der Waals surface area contributed by atoms with Gasteiger partial charge in [-0.1, -0.05) is 0 Å². The van der Waals surface area contributed by atoms with Gasteiger partial charge in [0.15, 0.2) is 0 Å². The van der Waals surface area contributed by atoms with Crippen molar-refractivity contribution in [3.05, 3.63) is 29.8 Å². The van der Waals surface area contributed by atoms with E-state index < -0.39 is 10.0 Å². The van der Waals surface area contributed by atoms with Crippen molar-refractivity contribution in [2.75, 3.05) is 29.5 Å². The van der Waals surface area contributed by atoms with Crippen LogP contribution in [0.4, 0.5) is 5.69 Å². The summed E-state index contributed by atoms with van der Waals surface area (Å²) in [6.45, 7) is 0.0414. The Balaban J connectivity index is 2.60. The zero-order valence-corrected chi connectivity index (χ0v) is 13.1. The van der Waals surface area contributed by atoms with Crippen LogP contribution in [-0.2, 0) is 10.0 Å². The Morgan fingerprint density at radius 2 is 1.86 bits per heavy atom. The molecule has 0 fully saturated rings. The van der Waals surface area contributed by atoms with Crippen molar-refractivity contribution in [3.8, 4) is 0 Å². The Labute approximate surface area is 129 Å². The second-order valence-corrected chi connectivity index (χ2v) is 6.59. The van der Waals surface area contributed by atoms with E-state index in [1.54, 1.807) is 0 Å². The highest BCUT2D eigenvalue weighted by Crippen LogP contribution is 2.12. The number of benzene rings is 1. The van der Waals surface area contributed by atoms with Crippen molar-refractivity contribution in [2.45, 2.75) is 12.8 Å². The van der Waals surface area contributed by atoms with Crippen LogP contribution in [0, 0.1) is 0 Å². The first kappa shape index (κ1) is 17.7. The molecule has 0 bridgehead atoms. The van der Waals surface area contributed by atoms with Crippen LogP contribution in [0.25, 0.3) is 0 Å². The predicted molar refractivity (Wildman–Crippen MR) is 83.2 cm³/mol. The van der Waals surface area contributed by atoms with Crippen molar-refractivity contribution >= 4 is 33.2 Å². The minimum absolute atomic E-state index is 0.0124. The second kappa shape index (κ2) is 8.86. The lowest BCUT2D eigenvalue weighted by molar-refractivity contribution is 0.0945. The van der Waals surface area contributed by atoms with E-state index in [0.717, 1.165) is 0 Å². The molecule has 0 saturated heterocycles. The van der Waals surface area contributed by atoms with E-state index in [1.165, 1.54) is 24.3 Å². The predicted octanol–water partition coefficient (Wildman–Crippen LogP) is 1.17. The molecule has 1 amide bonds. The average Bonchev–Trinajstić information content (AvgIpc) is 2.45. The quantitative estimate of drug-likeness (QED) is 0.466. The lowest BCUT2D eigenvalue weighted by atomic mass is 10.2. The normalized spacial score (nSPS) is 11.1. The molecule has 3 N–H and O–H groups in total. The van der Waals surface area contributed by atoms with Gasteiger partial charge in [-0.25, -0.2) is 8.42 Å². The van der Waals surface area contributed by atoms with E-state index in [0.29, 0.717) is 30.0 Å². The van der Waals surface area contributed by atoms with E-state index in [9.17, 15) is 13.2 Å². The summed E-state index contributed by atoms with van der Waals surface area (Å²) in [7, 11) is -3.40. The molecule has 0 atom stereocenters. The number of carbonyl (C=O) groups excluding carboxylic acids is 1. The Kier molecular flexibility index (Phi) is 7.49. The number of unbranched alkanes of at least 4 members (excludes halogenated alkanes) is 1. The van der Waals surface area contributed by atoms with Gasteiger partial charge in [0.1, 0.15) is 0 Å². The molecule has 1 aromatic carbocycles. The molecule has 118 valence electrons. The van der Waals surface area contributed by atoms with Crippen LogP contribution >= 0.6 is 11.6 Å². The molecule has 0 spiro atoms. The van der Waals surface area contributed by atoms with Gasteiger partial charge in [0.2, 0.25) is 10.0 Å². The highest BCUT2D eigenvalue weighted by Gasteiger charge is 2.10. The maximum absolute atomic E-state index is 11.8. The monoisotopic (exact) mass is 334 g/mol. The second-order valence-electron chi connectivity index (χ2n) is 4.37. The molecule has 0 saturated carbocycles. The Morgan fingerprint density at radius 3 is 2.43 bits per heavy atom. The number of alkyl halides is 1. The molecule has 8 heteroatoms. The van der Waals surface area contributed by atoms with Gasteiger partial charge in [-0.2, -0.15) is 0 Å². The Morgan fingerprint density at radius 1 is 1.19 bits per heavy atom. The zero-order chi connectivity index (χ0) is 15.7. The molecule has 1 rings (SSSR count). The summed E-state index contributed by atoms with van der Waals surface area (Å²) in [5.41, 5.74) is 0.799. The topological polar surface area (TPSA) is 95.5 Å². The number of carbonyl (C=O) groups is 1. The molecule has 1 aromatic rings. The summed E-state index contributed by atoms with van der Waals surface area (Å²) in [6, 6.07) is 6.08. The highest BCUT2D eigenvalue weighted by atomic mass is 35.5. The van der Waals surface area contributed by atoms with Gasteiger partial charge < -0.3 is 10.4 Å². The van der Waals surface area contributed by atoms with Crippen LogP contribution < -0.4 is 10.0 Å². The lowest BCUT2D eigenvalue weighted by Gasteiger charge is -2.08. The summed E-state index contributed by atoms with van der Waals surface area (Å²) in [4.78, 5) is 11.6. The summed E-state index contributed by atoms with van der Waals surface area (Å²) >= 11 is 5.51. The summed E-state index contributed by atoms with van der Waals surface area (Å²) in [6.07, 6.45) is 1.15. The van der Waals surface area contributed by atoms with Crippen LogP contribution in [0.1, 0.15) is 23.2 Å². The molecule has 0 heterocycles. The van der Waals surface area contributed by atoms with E-state index in [2.05, 4.69) is 10.0 Å². The number of halogens is 1. The summed E-state index contributed by atoms with van der Waals surface area (Å²) in [5.74, 6) is 0.131. The lowest BCUT2D eigenvalue weighted by Crippen LogP contribution is -2.26. The number of anilines is 1. The van der Waals surface area contributed by atoms with Crippen LogP contribution in [-0.4, -0.2) is 44.2 Å². The van der Waals surface area contributed by atoms with E-state index in [4.69, 9.17) is 16.7 Å². The fourth-order valence-electron chi connectivity index (χ4n) is 1.58. The Hall–Kier alpha value is -1.31. The molecule has 0 aliphatic heterocycles. The van der Waals surface area contributed by atoms with Gasteiger partial charge in [0, 0.05) is 23.7 Å². The molecular weight excluding hydrogens is 316 g/mol. The largest absolute Gasteiger partial charge is 0.395 e. The number of sulfonamides is 1. The Bertz CT molecular complexity index is 546. The van der Waals surface area contributed by atoms with Gasteiger partial charge in [-0.15, -0.1) is 11.6 Å². The first-order valence-electron chi connectivity index (χ1n) is 6.54. The fourth-order valence-corrected chi connectivity index (χ4v) is 2.95. The van der Waals surface area contributed by atoms with E-state index >= 15 is 0 Å². The van der Waals surface area contributed by atoms with Gasteiger partial charge in [0.05, 0.1) is 12.4 Å². The average molecular weight is 335 g/mol. The van der Waals surface area contributed by atoms with Crippen molar-refractivity contribution < 1.29 is 18.3 Å².